The molecule has 1 aromatic rings. The van der Waals surface area contributed by atoms with Crippen LogP contribution in [0.3, 0.4) is 0 Å². The van der Waals surface area contributed by atoms with Crippen LogP contribution in [0, 0.1) is 0 Å². The minimum atomic E-state index is -0.405. The minimum Gasteiger partial charge on any atom is -0.497 e. The molecule has 3 atom stereocenters. The number of thioether (sulfide) groups is 2. The van der Waals surface area contributed by atoms with Gasteiger partial charge in [0.15, 0.2) is 0 Å². The highest BCUT2D eigenvalue weighted by Gasteiger charge is 2.30. The van der Waals surface area contributed by atoms with Crippen molar-refractivity contribution in [3.8, 4) is 5.75 Å². The third kappa shape index (κ3) is 3.12. The monoisotopic (exact) mass is 270 g/mol. The Morgan fingerprint density at radius 3 is 2.82 bits per heavy atom. The summed E-state index contributed by atoms with van der Waals surface area (Å²) in [5, 5.41) is 11.2. The van der Waals surface area contributed by atoms with Crippen LogP contribution in [0.4, 0.5) is 0 Å². The normalized spacial score (nSPS) is 26.5. The van der Waals surface area contributed by atoms with E-state index in [0.29, 0.717) is 5.25 Å². The average molecular weight is 270 g/mol. The maximum atomic E-state index is 10.4. The molecule has 2 nitrogen and oxygen atoms in total. The molecule has 94 valence electrons. The van der Waals surface area contributed by atoms with Crippen LogP contribution in [-0.4, -0.2) is 34.2 Å². The van der Waals surface area contributed by atoms with E-state index < -0.39 is 6.10 Å². The smallest absolute Gasteiger partial charge is 0.119 e. The van der Waals surface area contributed by atoms with E-state index in [1.807, 2.05) is 47.8 Å². The van der Waals surface area contributed by atoms with Gasteiger partial charge in [-0.15, -0.1) is 0 Å². The Bertz CT molecular complexity index is 370. The first-order valence-electron chi connectivity index (χ1n) is 5.77. The van der Waals surface area contributed by atoms with Crippen LogP contribution in [0.25, 0.3) is 0 Å². The molecule has 17 heavy (non-hydrogen) atoms. The molecule has 1 aliphatic heterocycles. The highest BCUT2D eigenvalue weighted by atomic mass is 32.2. The highest BCUT2D eigenvalue weighted by molar-refractivity contribution is 8.07. The molecule has 1 saturated heterocycles. The van der Waals surface area contributed by atoms with Gasteiger partial charge in [-0.3, -0.25) is 0 Å². The Labute approximate surface area is 111 Å². The lowest BCUT2D eigenvalue weighted by atomic mass is 10.0. The maximum Gasteiger partial charge on any atom is 0.119 e. The summed E-state index contributed by atoms with van der Waals surface area (Å²) < 4.78 is 5.20. The largest absolute Gasteiger partial charge is 0.497 e. The number of hydrogen-bond donors (Lipinski definition) is 1. The molecule has 0 aromatic heterocycles. The summed E-state index contributed by atoms with van der Waals surface area (Å²) in [5.41, 5.74) is 0.955. The van der Waals surface area contributed by atoms with E-state index >= 15 is 0 Å². The quantitative estimate of drug-likeness (QED) is 0.914. The molecule has 1 aromatic carbocycles. The maximum absolute atomic E-state index is 10.4. The van der Waals surface area contributed by atoms with Gasteiger partial charge in [-0.05, 0) is 17.7 Å². The van der Waals surface area contributed by atoms with Gasteiger partial charge < -0.3 is 9.84 Å². The van der Waals surface area contributed by atoms with E-state index in [9.17, 15) is 5.11 Å². The molecule has 1 fully saturated rings. The topological polar surface area (TPSA) is 29.5 Å². The molecule has 0 bridgehead atoms. The fourth-order valence-electron chi connectivity index (χ4n) is 2.01. The third-order valence-corrected chi connectivity index (χ3v) is 6.16. The summed E-state index contributed by atoms with van der Waals surface area (Å²) in [6, 6.07) is 7.74. The molecule has 1 aliphatic rings. The zero-order valence-electron chi connectivity index (χ0n) is 10.1. The number of aliphatic hydroxyl groups is 1. The summed E-state index contributed by atoms with van der Waals surface area (Å²) in [5.74, 6) is 3.12. The second-order valence-corrected chi connectivity index (χ2v) is 6.90. The molecule has 0 radical (unpaired) electrons. The predicted molar refractivity (Wildman–Crippen MR) is 76.1 cm³/mol. The summed E-state index contributed by atoms with van der Waals surface area (Å²) in [6.07, 6.45) is -0.405. The van der Waals surface area contributed by atoms with E-state index in [0.717, 1.165) is 17.1 Å². The van der Waals surface area contributed by atoms with Crippen molar-refractivity contribution >= 4 is 23.5 Å². The van der Waals surface area contributed by atoms with Gasteiger partial charge in [0.1, 0.15) is 5.75 Å². The van der Waals surface area contributed by atoms with Crippen LogP contribution in [0.2, 0.25) is 0 Å². The Morgan fingerprint density at radius 2 is 2.12 bits per heavy atom. The lowest BCUT2D eigenvalue weighted by Crippen LogP contribution is -2.29. The van der Waals surface area contributed by atoms with Crippen LogP contribution in [0.5, 0.6) is 5.75 Å². The lowest BCUT2D eigenvalue weighted by Gasteiger charge is -2.31. The molecule has 1 N–H and O–H groups in total. The first-order valence-corrected chi connectivity index (χ1v) is 7.87. The van der Waals surface area contributed by atoms with E-state index in [2.05, 4.69) is 6.92 Å². The number of methoxy groups -OCH3 is 1. The highest BCUT2D eigenvalue weighted by Crippen LogP contribution is 2.39. The van der Waals surface area contributed by atoms with Gasteiger partial charge in [-0.1, -0.05) is 19.1 Å². The van der Waals surface area contributed by atoms with Crippen molar-refractivity contribution in [3.05, 3.63) is 29.8 Å². The van der Waals surface area contributed by atoms with Crippen molar-refractivity contribution in [2.45, 2.75) is 23.5 Å². The third-order valence-electron chi connectivity index (χ3n) is 2.98. The first-order chi connectivity index (χ1) is 8.22. The fraction of sp³-hybridized carbons (Fsp3) is 0.538. The Hall–Kier alpha value is -0.320. The van der Waals surface area contributed by atoms with E-state index in [4.69, 9.17) is 4.74 Å². The fourth-order valence-corrected chi connectivity index (χ4v) is 4.85. The minimum absolute atomic E-state index is 0.279. The van der Waals surface area contributed by atoms with Crippen molar-refractivity contribution in [3.63, 3.8) is 0 Å². The summed E-state index contributed by atoms with van der Waals surface area (Å²) >= 11 is 3.82. The zero-order valence-corrected chi connectivity index (χ0v) is 11.8. The Balaban J connectivity index is 2.14. The number of aliphatic hydroxyl groups excluding tert-OH is 1. The van der Waals surface area contributed by atoms with E-state index in [-0.39, 0.29) is 5.25 Å². The summed E-state index contributed by atoms with van der Waals surface area (Å²) in [4.78, 5) is 0. The van der Waals surface area contributed by atoms with Gasteiger partial charge in [0.05, 0.1) is 13.2 Å². The van der Waals surface area contributed by atoms with Crippen molar-refractivity contribution in [1.29, 1.82) is 0 Å². The number of ether oxygens (including phenoxy) is 1. The van der Waals surface area contributed by atoms with Crippen LogP contribution in [0.15, 0.2) is 24.3 Å². The van der Waals surface area contributed by atoms with Gasteiger partial charge in [-0.2, -0.15) is 23.5 Å². The molecule has 3 unspecified atom stereocenters. The van der Waals surface area contributed by atoms with Crippen molar-refractivity contribution < 1.29 is 9.84 Å². The van der Waals surface area contributed by atoms with E-state index in [1.54, 1.807) is 7.11 Å². The standard InChI is InChI=1S/C13H18O2S2/c1-9-13(17-7-6-16-9)12(14)10-4-3-5-11(8-10)15-2/h3-5,8-9,12-14H,6-7H2,1-2H3. The van der Waals surface area contributed by atoms with Crippen LogP contribution < -0.4 is 4.74 Å². The SMILES string of the molecule is COc1cccc(C(O)C2SCCSC2C)c1. The average Bonchev–Trinajstić information content (AvgIpc) is 2.38. The summed E-state index contributed by atoms with van der Waals surface area (Å²) in [7, 11) is 1.65. The second kappa shape index (κ2) is 6.03. The molecule has 0 spiro atoms. The molecule has 0 saturated carbocycles. The van der Waals surface area contributed by atoms with Crippen molar-refractivity contribution in [1.82, 2.24) is 0 Å². The lowest BCUT2D eigenvalue weighted by molar-refractivity contribution is 0.174. The Morgan fingerprint density at radius 1 is 1.35 bits per heavy atom. The van der Waals surface area contributed by atoms with Gasteiger partial charge in [0.25, 0.3) is 0 Å². The van der Waals surface area contributed by atoms with Crippen LogP contribution >= 0.6 is 23.5 Å². The van der Waals surface area contributed by atoms with Crippen molar-refractivity contribution in [2.24, 2.45) is 0 Å². The molecule has 0 amide bonds. The van der Waals surface area contributed by atoms with Crippen LogP contribution in [-0.2, 0) is 0 Å². The van der Waals surface area contributed by atoms with Gasteiger partial charge in [0, 0.05) is 22.0 Å². The molecule has 4 heteroatoms. The van der Waals surface area contributed by atoms with Gasteiger partial charge in [0.2, 0.25) is 0 Å². The molecule has 2 rings (SSSR count). The summed E-state index contributed by atoms with van der Waals surface area (Å²) in [6.45, 7) is 2.20. The van der Waals surface area contributed by atoms with Gasteiger partial charge >= 0.3 is 0 Å². The Kier molecular flexibility index (Phi) is 4.65. The van der Waals surface area contributed by atoms with Crippen LogP contribution in [0.1, 0.15) is 18.6 Å². The van der Waals surface area contributed by atoms with Crippen molar-refractivity contribution in [2.75, 3.05) is 18.6 Å². The zero-order chi connectivity index (χ0) is 12.3. The number of rotatable bonds is 3. The number of benzene rings is 1. The molecular formula is C13H18O2S2. The molecular weight excluding hydrogens is 252 g/mol. The predicted octanol–water partition coefficient (Wildman–Crippen LogP) is 2.97. The molecule has 0 aliphatic carbocycles. The molecule has 1 heterocycles. The second-order valence-electron chi connectivity index (χ2n) is 4.13. The van der Waals surface area contributed by atoms with Gasteiger partial charge in [-0.25, -0.2) is 0 Å². The van der Waals surface area contributed by atoms with E-state index in [1.165, 1.54) is 5.75 Å². The number of hydrogen-bond acceptors (Lipinski definition) is 4. The first kappa shape index (κ1) is 13.1.